The fourth-order valence-electron chi connectivity index (χ4n) is 2.78. The number of aliphatic carboxylic acids is 1. The molecule has 6 heteroatoms. The van der Waals surface area contributed by atoms with E-state index in [-0.39, 0.29) is 16.8 Å². The van der Waals surface area contributed by atoms with Gasteiger partial charge in [-0.15, -0.1) is 0 Å². The minimum Gasteiger partial charge on any atom is -0.481 e. The summed E-state index contributed by atoms with van der Waals surface area (Å²) in [6.45, 7) is 6.58. The second-order valence-corrected chi connectivity index (χ2v) is 7.75. The predicted molar refractivity (Wildman–Crippen MR) is 73.4 cm³/mol. The minimum atomic E-state index is -0.740. The van der Waals surface area contributed by atoms with Crippen LogP contribution in [-0.4, -0.2) is 51.3 Å². The SMILES string of the molecule is CC(C)(C)OC(=O)N1CCC2(C1)SCCC2C(=O)O. The number of carboxylic acid groups (broad SMARTS) is 1. The van der Waals surface area contributed by atoms with Crippen molar-refractivity contribution in [2.45, 2.75) is 44.0 Å². The number of likely N-dealkylation sites (tertiary alicyclic amines) is 1. The Morgan fingerprint density at radius 2 is 2.11 bits per heavy atom. The smallest absolute Gasteiger partial charge is 0.410 e. The summed E-state index contributed by atoms with van der Waals surface area (Å²) in [6.07, 6.45) is 1.11. The van der Waals surface area contributed by atoms with Gasteiger partial charge >= 0.3 is 12.1 Å². The number of amides is 1. The first kappa shape index (κ1) is 14.5. The molecule has 0 aromatic rings. The molecule has 0 saturated carbocycles. The van der Waals surface area contributed by atoms with Crippen LogP contribution in [0.2, 0.25) is 0 Å². The lowest BCUT2D eigenvalue weighted by molar-refractivity contribution is -0.142. The Kier molecular flexibility index (Phi) is 3.73. The number of carbonyl (C=O) groups excluding carboxylic acids is 1. The third-order valence-electron chi connectivity index (χ3n) is 3.64. The molecule has 0 aliphatic carbocycles. The van der Waals surface area contributed by atoms with Crippen LogP contribution < -0.4 is 0 Å². The average Bonchev–Trinajstić information content (AvgIpc) is 2.84. The number of carboxylic acids is 1. The number of rotatable bonds is 1. The molecule has 19 heavy (non-hydrogen) atoms. The first-order valence-corrected chi connectivity index (χ1v) is 7.57. The zero-order chi connectivity index (χ0) is 14.3. The molecule has 2 aliphatic heterocycles. The Bertz CT molecular complexity index is 393. The van der Waals surface area contributed by atoms with E-state index in [2.05, 4.69) is 0 Å². The van der Waals surface area contributed by atoms with Crippen LogP contribution in [0.25, 0.3) is 0 Å². The van der Waals surface area contributed by atoms with Crippen molar-refractivity contribution in [2.75, 3.05) is 18.8 Å². The van der Waals surface area contributed by atoms with Crippen LogP contribution in [0.5, 0.6) is 0 Å². The third kappa shape index (κ3) is 2.99. The maximum Gasteiger partial charge on any atom is 0.410 e. The number of hydrogen-bond acceptors (Lipinski definition) is 4. The van der Waals surface area contributed by atoms with Crippen LogP contribution in [-0.2, 0) is 9.53 Å². The van der Waals surface area contributed by atoms with Gasteiger partial charge in [0.25, 0.3) is 0 Å². The minimum absolute atomic E-state index is 0.303. The summed E-state index contributed by atoms with van der Waals surface area (Å²) in [5, 5.41) is 9.30. The fraction of sp³-hybridized carbons (Fsp3) is 0.846. The van der Waals surface area contributed by atoms with Crippen molar-refractivity contribution in [1.29, 1.82) is 0 Å². The number of hydrogen-bond donors (Lipinski definition) is 1. The normalized spacial score (nSPS) is 30.9. The Labute approximate surface area is 117 Å². The molecular weight excluding hydrogens is 266 g/mol. The van der Waals surface area contributed by atoms with Gasteiger partial charge in [0.15, 0.2) is 0 Å². The van der Waals surface area contributed by atoms with Gasteiger partial charge in [-0.3, -0.25) is 4.79 Å². The third-order valence-corrected chi connectivity index (χ3v) is 5.28. The second kappa shape index (κ2) is 4.89. The quantitative estimate of drug-likeness (QED) is 0.801. The monoisotopic (exact) mass is 287 g/mol. The molecule has 2 heterocycles. The van der Waals surface area contributed by atoms with Crippen LogP contribution in [0.3, 0.4) is 0 Å². The zero-order valence-corrected chi connectivity index (χ0v) is 12.5. The van der Waals surface area contributed by atoms with Crippen LogP contribution in [0.1, 0.15) is 33.6 Å². The molecule has 2 saturated heterocycles. The molecule has 0 bridgehead atoms. The summed E-state index contributed by atoms with van der Waals surface area (Å²) in [5.74, 6) is -0.222. The predicted octanol–water partition coefficient (Wildman–Crippen LogP) is 2.20. The molecule has 2 atom stereocenters. The Balaban J connectivity index is 2.03. The molecule has 0 radical (unpaired) electrons. The van der Waals surface area contributed by atoms with Crippen LogP contribution in [0.4, 0.5) is 4.79 Å². The molecule has 1 amide bonds. The summed E-state index contributed by atoms with van der Waals surface area (Å²) in [5.41, 5.74) is -0.512. The van der Waals surface area contributed by atoms with Gasteiger partial charge in [0, 0.05) is 17.8 Å². The maximum atomic E-state index is 12.0. The number of carbonyl (C=O) groups is 2. The molecule has 2 rings (SSSR count). The highest BCUT2D eigenvalue weighted by Gasteiger charge is 2.52. The van der Waals surface area contributed by atoms with Gasteiger partial charge in [0.1, 0.15) is 5.60 Å². The summed E-state index contributed by atoms with van der Waals surface area (Å²) < 4.78 is 5.05. The fourth-order valence-corrected chi connectivity index (χ4v) is 4.44. The number of ether oxygens (including phenoxy) is 1. The van der Waals surface area contributed by atoms with E-state index in [9.17, 15) is 14.7 Å². The topological polar surface area (TPSA) is 66.8 Å². The highest BCUT2D eigenvalue weighted by molar-refractivity contribution is 8.01. The summed E-state index contributed by atoms with van der Waals surface area (Å²) in [7, 11) is 0. The van der Waals surface area contributed by atoms with Crippen LogP contribution in [0.15, 0.2) is 0 Å². The van der Waals surface area contributed by atoms with Gasteiger partial charge in [-0.2, -0.15) is 11.8 Å². The van der Waals surface area contributed by atoms with E-state index in [1.54, 1.807) is 16.7 Å². The van der Waals surface area contributed by atoms with Gasteiger partial charge < -0.3 is 14.7 Å². The van der Waals surface area contributed by atoms with Crippen molar-refractivity contribution in [3.8, 4) is 0 Å². The summed E-state index contributed by atoms with van der Waals surface area (Å²) >= 11 is 1.70. The second-order valence-electron chi connectivity index (χ2n) is 6.24. The van der Waals surface area contributed by atoms with Crippen molar-refractivity contribution in [3.05, 3.63) is 0 Å². The number of nitrogens with zero attached hydrogens (tertiary/aromatic N) is 1. The molecule has 2 aliphatic rings. The van der Waals surface area contributed by atoms with Crippen LogP contribution in [0, 0.1) is 5.92 Å². The average molecular weight is 287 g/mol. The molecule has 5 nitrogen and oxygen atoms in total. The molecule has 108 valence electrons. The standard InChI is InChI=1S/C13H21NO4S/c1-12(2,3)18-11(17)14-6-5-13(8-14)9(10(15)16)4-7-19-13/h9H,4-8H2,1-3H3,(H,15,16). The van der Waals surface area contributed by atoms with E-state index in [0.29, 0.717) is 19.5 Å². The van der Waals surface area contributed by atoms with E-state index < -0.39 is 11.6 Å². The van der Waals surface area contributed by atoms with Crippen molar-refractivity contribution < 1.29 is 19.4 Å². The van der Waals surface area contributed by atoms with Gasteiger partial charge in [0.2, 0.25) is 0 Å². The first-order chi connectivity index (χ1) is 8.73. The molecule has 1 spiro atoms. The maximum absolute atomic E-state index is 12.0. The van der Waals surface area contributed by atoms with Gasteiger partial charge in [-0.25, -0.2) is 4.79 Å². The van der Waals surface area contributed by atoms with Gasteiger partial charge in [-0.05, 0) is 39.4 Å². The lowest BCUT2D eigenvalue weighted by Gasteiger charge is -2.28. The lowest BCUT2D eigenvalue weighted by Crippen LogP contribution is -2.41. The first-order valence-electron chi connectivity index (χ1n) is 6.58. The van der Waals surface area contributed by atoms with E-state index >= 15 is 0 Å². The Hall–Kier alpha value is -0.910. The van der Waals surface area contributed by atoms with Crippen molar-refractivity contribution in [3.63, 3.8) is 0 Å². The molecule has 2 fully saturated rings. The van der Waals surface area contributed by atoms with Crippen molar-refractivity contribution in [1.82, 2.24) is 4.90 Å². The summed E-state index contributed by atoms with van der Waals surface area (Å²) in [6, 6.07) is 0. The van der Waals surface area contributed by atoms with Crippen molar-refractivity contribution >= 4 is 23.8 Å². The van der Waals surface area contributed by atoms with E-state index in [1.165, 1.54) is 0 Å². The molecule has 2 unspecified atom stereocenters. The lowest BCUT2D eigenvalue weighted by atomic mass is 9.89. The van der Waals surface area contributed by atoms with E-state index in [1.807, 2.05) is 20.8 Å². The van der Waals surface area contributed by atoms with E-state index in [4.69, 9.17) is 4.74 Å². The highest BCUT2D eigenvalue weighted by atomic mass is 32.2. The largest absolute Gasteiger partial charge is 0.481 e. The molecule has 0 aromatic carbocycles. The molecule has 1 N–H and O–H groups in total. The molecule has 0 aromatic heterocycles. The zero-order valence-electron chi connectivity index (χ0n) is 11.6. The molecular formula is C13H21NO4S. The Morgan fingerprint density at radius 1 is 1.42 bits per heavy atom. The highest BCUT2D eigenvalue weighted by Crippen LogP contribution is 2.49. The number of thioether (sulfide) groups is 1. The van der Waals surface area contributed by atoms with Crippen LogP contribution >= 0.6 is 11.8 Å². The summed E-state index contributed by atoms with van der Waals surface area (Å²) in [4.78, 5) is 25.0. The Morgan fingerprint density at radius 3 is 2.68 bits per heavy atom. The van der Waals surface area contributed by atoms with Gasteiger partial charge in [0.05, 0.1) is 5.92 Å². The van der Waals surface area contributed by atoms with E-state index in [0.717, 1.165) is 12.2 Å². The van der Waals surface area contributed by atoms with Gasteiger partial charge in [-0.1, -0.05) is 0 Å². The van der Waals surface area contributed by atoms with Crippen molar-refractivity contribution in [2.24, 2.45) is 5.92 Å².